The summed E-state index contributed by atoms with van der Waals surface area (Å²) in [5.41, 5.74) is 1.88. The number of halogens is 1. The quantitative estimate of drug-likeness (QED) is 0.537. The van der Waals surface area contributed by atoms with Gasteiger partial charge >= 0.3 is 7.12 Å². The molecule has 0 N–H and O–H groups in total. The monoisotopic (exact) mass is 382 g/mol. The normalized spacial score (nSPS) is 17.7. The number of carbonyl (C=O) groups excluding carboxylic acids is 1. The third-order valence-electron chi connectivity index (χ3n) is 5.79. The molecule has 1 saturated heterocycles. The largest absolute Gasteiger partial charge is 0.495 e. The van der Waals surface area contributed by atoms with Crippen LogP contribution in [0.4, 0.5) is 4.39 Å². The second kappa shape index (κ2) is 7.80. The van der Waals surface area contributed by atoms with Crippen molar-refractivity contribution in [2.45, 2.75) is 65.1 Å². The Kier molecular flexibility index (Phi) is 5.78. The van der Waals surface area contributed by atoms with Gasteiger partial charge in [-0.2, -0.15) is 0 Å². The number of unbranched alkanes of at least 4 members (excludes halogenated alkanes) is 1. The Morgan fingerprint density at radius 1 is 1.00 bits per heavy atom. The molecule has 0 radical (unpaired) electrons. The maximum atomic E-state index is 13.3. The number of benzene rings is 2. The first-order chi connectivity index (χ1) is 13.1. The molecule has 1 fully saturated rings. The molecule has 28 heavy (non-hydrogen) atoms. The predicted molar refractivity (Wildman–Crippen MR) is 111 cm³/mol. The fourth-order valence-corrected chi connectivity index (χ4v) is 3.28. The molecule has 1 heterocycles. The van der Waals surface area contributed by atoms with Gasteiger partial charge in [0.25, 0.3) is 0 Å². The zero-order valence-corrected chi connectivity index (χ0v) is 17.3. The summed E-state index contributed by atoms with van der Waals surface area (Å²) >= 11 is 0. The number of ketones is 1. The zero-order chi connectivity index (χ0) is 20.5. The van der Waals surface area contributed by atoms with E-state index in [4.69, 9.17) is 9.31 Å². The van der Waals surface area contributed by atoms with Crippen LogP contribution in [0.5, 0.6) is 0 Å². The van der Waals surface area contributed by atoms with E-state index in [9.17, 15) is 9.18 Å². The summed E-state index contributed by atoms with van der Waals surface area (Å²) in [4.78, 5) is 13.1. The van der Waals surface area contributed by atoms with Crippen molar-refractivity contribution in [2.24, 2.45) is 0 Å². The fourth-order valence-electron chi connectivity index (χ4n) is 3.28. The Morgan fingerprint density at radius 2 is 1.61 bits per heavy atom. The Morgan fingerprint density at radius 3 is 2.18 bits per heavy atom. The summed E-state index contributed by atoms with van der Waals surface area (Å²) < 4.78 is 25.7. The molecule has 1 aliphatic heterocycles. The Labute approximate surface area is 167 Å². The zero-order valence-electron chi connectivity index (χ0n) is 17.3. The molecule has 0 saturated carbocycles. The topological polar surface area (TPSA) is 35.5 Å². The first-order valence-corrected chi connectivity index (χ1v) is 9.93. The average Bonchev–Trinajstić information content (AvgIpc) is 2.87. The maximum Gasteiger partial charge on any atom is 0.495 e. The average molecular weight is 382 g/mol. The van der Waals surface area contributed by atoms with Crippen LogP contribution in [0, 0.1) is 5.82 Å². The highest BCUT2D eigenvalue weighted by Crippen LogP contribution is 2.37. The van der Waals surface area contributed by atoms with Crippen molar-refractivity contribution < 1.29 is 18.5 Å². The van der Waals surface area contributed by atoms with Gasteiger partial charge in [-0.3, -0.25) is 4.79 Å². The van der Waals surface area contributed by atoms with E-state index in [-0.39, 0.29) is 11.6 Å². The second-order valence-electron chi connectivity index (χ2n) is 8.45. The predicted octanol–water partition coefficient (Wildman–Crippen LogP) is 4.70. The Bertz CT molecular complexity index is 843. The van der Waals surface area contributed by atoms with E-state index in [1.165, 1.54) is 24.3 Å². The third kappa shape index (κ3) is 4.06. The van der Waals surface area contributed by atoms with Gasteiger partial charge in [0.1, 0.15) is 5.82 Å². The van der Waals surface area contributed by atoms with E-state index in [0.717, 1.165) is 30.3 Å². The minimum Gasteiger partial charge on any atom is -0.399 e. The van der Waals surface area contributed by atoms with E-state index in [1.807, 2.05) is 45.9 Å². The van der Waals surface area contributed by atoms with Crippen LogP contribution in [0.3, 0.4) is 0 Å². The molecule has 2 aromatic rings. The smallest absolute Gasteiger partial charge is 0.399 e. The van der Waals surface area contributed by atoms with Crippen molar-refractivity contribution in [3.63, 3.8) is 0 Å². The molecule has 0 spiro atoms. The van der Waals surface area contributed by atoms with E-state index in [0.29, 0.717) is 11.1 Å². The van der Waals surface area contributed by atoms with Crippen molar-refractivity contribution in [1.82, 2.24) is 0 Å². The molecule has 5 heteroatoms. The summed E-state index contributed by atoms with van der Waals surface area (Å²) in [5, 5.41) is 0. The van der Waals surface area contributed by atoms with Crippen molar-refractivity contribution >= 4 is 18.4 Å². The molecule has 1 aliphatic rings. The molecule has 0 amide bonds. The van der Waals surface area contributed by atoms with Gasteiger partial charge in [-0.25, -0.2) is 4.39 Å². The second-order valence-corrected chi connectivity index (χ2v) is 8.45. The molecule has 3 rings (SSSR count). The lowest BCUT2D eigenvalue weighted by atomic mass is 9.73. The van der Waals surface area contributed by atoms with Crippen LogP contribution in [0.1, 0.15) is 68.9 Å². The molecule has 3 nitrogen and oxygen atoms in total. The van der Waals surface area contributed by atoms with Gasteiger partial charge in [0.2, 0.25) is 0 Å². The highest BCUT2D eigenvalue weighted by atomic mass is 19.1. The van der Waals surface area contributed by atoms with E-state index >= 15 is 0 Å². The first kappa shape index (κ1) is 20.8. The van der Waals surface area contributed by atoms with Crippen LogP contribution >= 0.6 is 0 Å². The molecule has 0 atom stereocenters. The van der Waals surface area contributed by atoms with Crippen LogP contribution in [-0.4, -0.2) is 24.1 Å². The molecule has 0 unspecified atom stereocenters. The molecule has 148 valence electrons. The maximum absolute atomic E-state index is 13.3. The number of aryl methyl sites for hydroxylation is 1. The van der Waals surface area contributed by atoms with Gasteiger partial charge in [-0.15, -0.1) is 0 Å². The standard InChI is InChI=1S/C23H28BFO3/c1-6-7-8-16-9-14-19(21(26)17-10-12-18(25)13-11-17)20(15-16)24-27-22(2,3)23(4,5)28-24/h9-15H,6-8H2,1-5H3. The highest BCUT2D eigenvalue weighted by Gasteiger charge is 2.52. The van der Waals surface area contributed by atoms with Crippen LogP contribution < -0.4 is 5.46 Å². The fraction of sp³-hybridized carbons (Fsp3) is 0.435. The van der Waals surface area contributed by atoms with Crippen molar-refractivity contribution in [1.29, 1.82) is 0 Å². The van der Waals surface area contributed by atoms with Gasteiger partial charge in [0.05, 0.1) is 11.2 Å². The molecular formula is C23H28BFO3. The number of rotatable bonds is 6. The van der Waals surface area contributed by atoms with Crippen LogP contribution in [0.2, 0.25) is 0 Å². The van der Waals surface area contributed by atoms with Crippen molar-refractivity contribution in [3.8, 4) is 0 Å². The first-order valence-electron chi connectivity index (χ1n) is 9.93. The summed E-state index contributed by atoms with van der Waals surface area (Å²) in [6, 6.07) is 11.5. The lowest BCUT2D eigenvalue weighted by molar-refractivity contribution is 0.00578. The van der Waals surface area contributed by atoms with Gasteiger partial charge in [-0.05, 0) is 75.8 Å². The molecule has 2 aromatic carbocycles. The van der Waals surface area contributed by atoms with Gasteiger partial charge in [0.15, 0.2) is 5.78 Å². The lowest BCUT2D eigenvalue weighted by Crippen LogP contribution is -2.41. The molecular weight excluding hydrogens is 354 g/mol. The summed E-state index contributed by atoms with van der Waals surface area (Å²) in [5.74, 6) is -0.524. The van der Waals surface area contributed by atoms with E-state index in [2.05, 4.69) is 6.92 Å². The SMILES string of the molecule is CCCCc1ccc(C(=O)c2ccc(F)cc2)c(B2OC(C)(C)C(C)(C)O2)c1. The number of carbonyl (C=O) groups is 1. The van der Waals surface area contributed by atoms with Crippen LogP contribution in [0.15, 0.2) is 42.5 Å². The minimum atomic E-state index is -0.619. The van der Waals surface area contributed by atoms with Crippen molar-refractivity contribution in [2.75, 3.05) is 0 Å². The van der Waals surface area contributed by atoms with Crippen LogP contribution in [0.25, 0.3) is 0 Å². The Balaban J connectivity index is 2.02. The Hall–Kier alpha value is -1.98. The number of hydrogen-bond donors (Lipinski definition) is 0. The summed E-state index contributed by atoms with van der Waals surface area (Å²) in [7, 11) is -0.619. The summed E-state index contributed by atoms with van der Waals surface area (Å²) in [6.07, 6.45) is 3.12. The van der Waals surface area contributed by atoms with Gasteiger partial charge < -0.3 is 9.31 Å². The highest BCUT2D eigenvalue weighted by molar-refractivity contribution is 6.64. The van der Waals surface area contributed by atoms with Gasteiger partial charge in [0, 0.05) is 11.1 Å². The molecule has 0 bridgehead atoms. The molecule has 0 aromatic heterocycles. The van der Waals surface area contributed by atoms with Gasteiger partial charge in [-0.1, -0.05) is 31.5 Å². The lowest BCUT2D eigenvalue weighted by Gasteiger charge is -2.32. The van der Waals surface area contributed by atoms with E-state index < -0.39 is 18.3 Å². The number of hydrogen-bond acceptors (Lipinski definition) is 3. The van der Waals surface area contributed by atoms with Crippen molar-refractivity contribution in [3.05, 3.63) is 65.0 Å². The minimum absolute atomic E-state index is 0.160. The third-order valence-corrected chi connectivity index (χ3v) is 5.79. The van der Waals surface area contributed by atoms with Crippen LogP contribution in [-0.2, 0) is 15.7 Å². The summed E-state index contributed by atoms with van der Waals surface area (Å²) in [6.45, 7) is 10.1. The van der Waals surface area contributed by atoms with E-state index in [1.54, 1.807) is 0 Å². The molecule has 0 aliphatic carbocycles.